The van der Waals surface area contributed by atoms with Gasteiger partial charge >= 0.3 is 6.36 Å². The number of hydrogen-bond donors (Lipinski definition) is 0. The van der Waals surface area contributed by atoms with Gasteiger partial charge in [0.25, 0.3) is 0 Å². The number of hydrogen-bond acceptors (Lipinski definition) is 3. The Kier molecular flexibility index (Phi) is 4.17. The Hall–Kier alpha value is -1.24. The van der Waals surface area contributed by atoms with Crippen molar-refractivity contribution in [2.45, 2.75) is 6.36 Å². The third-order valence-corrected chi connectivity index (χ3v) is 2.07. The fourth-order valence-corrected chi connectivity index (χ4v) is 1.35. The predicted molar refractivity (Wildman–Crippen MR) is 52.4 cm³/mol. The maximum absolute atomic E-state index is 11.9. The van der Waals surface area contributed by atoms with Crippen LogP contribution in [-0.4, -0.2) is 19.3 Å². The molecule has 0 amide bonds. The zero-order valence-electron chi connectivity index (χ0n) is 7.75. The minimum Gasteiger partial charge on any atom is -0.486 e. The summed E-state index contributed by atoms with van der Waals surface area (Å²) in [6.07, 6.45) is -4.21. The van der Waals surface area contributed by atoms with Crippen molar-refractivity contribution in [3.63, 3.8) is 0 Å². The molecule has 0 spiro atoms. The molecular formula is C9H6BrF3O3. The van der Waals surface area contributed by atoms with E-state index in [0.717, 1.165) is 6.07 Å². The minimum absolute atomic E-state index is 0.0909. The number of aldehydes is 1. The van der Waals surface area contributed by atoms with Gasteiger partial charge in [0.1, 0.15) is 18.1 Å². The smallest absolute Gasteiger partial charge is 0.486 e. The molecule has 0 radical (unpaired) electrons. The Morgan fingerprint density at radius 2 is 2.06 bits per heavy atom. The first-order valence-electron chi connectivity index (χ1n) is 4.04. The molecule has 0 aliphatic rings. The lowest BCUT2D eigenvalue weighted by molar-refractivity contribution is -0.274. The second-order valence-corrected chi connectivity index (χ2v) is 3.47. The van der Waals surface area contributed by atoms with Gasteiger partial charge in [-0.2, -0.15) is 0 Å². The zero-order chi connectivity index (χ0) is 12.2. The summed E-state index contributed by atoms with van der Waals surface area (Å²) in [4.78, 5) is 10.0. The van der Waals surface area contributed by atoms with Crippen LogP contribution >= 0.6 is 15.9 Å². The molecule has 1 aromatic rings. The van der Waals surface area contributed by atoms with Crippen LogP contribution in [0, 0.1) is 0 Å². The lowest BCUT2D eigenvalue weighted by Crippen LogP contribution is -2.17. The quantitative estimate of drug-likeness (QED) is 0.802. The molecule has 0 unspecified atom stereocenters. The van der Waals surface area contributed by atoms with Crippen LogP contribution in [0.3, 0.4) is 0 Å². The highest BCUT2D eigenvalue weighted by molar-refractivity contribution is 9.10. The third kappa shape index (κ3) is 4.09. The van der Waals surface area contributed by atoms with Crippen molar-refractivity contribution in [3.05, 3.63) is 22.7 Å². The second-order valence-electron chi connectivity index (χ2n) is 2.62. The topological polar surface area (TPSA) is 35.5 Å². The molecule has 0 aromatic heterocycles. The summed E-state index contributed by atoms with van der Waals surface area (Å²) in [5.41, 5.74) is 0. The molecule has 0 aliphatic heterocycles. The predicted octanol–water partition coefficient (Wildman–Crippen LogP) is 2.93. The van der Waals surface area contributed by atoms with Crippen LogP contribution < -0.4 is 9.47 Å². The van der Waals surface area contributed by atoms with Crippen LogP contribution in [0.2, 0.25) is 0 Å². The SMILES string of the molecule is O=CCOc1ccc(OC(F)(F)F)c(Br)c1. The van der Waals surface area contributed by atoms with Crippen LogP contribution in [0.15, 0.2) is 22.7 Å². The van der Waals surface area contributed by atoms with Gasteiger partial charge in [-0.3, -0.25) is 4.79 Å². The average molecular weight is 299 g/mol. The summed E-state index contributed by atoms with van der Waals surface area (Å²) < 4.78 is 44.4. The van der Waals surface area contributed by atoms with Crippen molar-refractivity contribution in [1.82, 2.24) is 0 Å². The van der Waals surface area contributed by atoms with Gasteiger partial charge in [0, 0.05) is 0 Å². The Labute approximate surface area is 97.3 Å². The van der Waals surface area contributed by atoms with E-state index in [0.29, 0.717) is 6.29 Å². The maximum Gasteiger partial charge on any atom is 0.573 e. The molecule has 7 heteroatoms. The van der Waals surface area contributed by atoms with Crippen molar-refractivity contribution in [2.24, 2.45) is 0 Å². The van der Waals surface area contributed by atoms with Gasteiger partial charge in [-0.15, -0.1) is 13.2 Å². The van der Waals surface area contributed by atoms with E-state index in [1.807, 2.05) is 0 Å². The Morgan fingerprint density at radius 1 is 1.38 bits per heavy atom. The first kappa shape index (κ1) is 12.8. The minimum atomic E-state index is -4.74. The van der Waals surface area contributed by atoms with Crippen LogP contribution in [0.5, 0.6) is 11.5 Å². The van der Waals surface area contributed by atoms with Crippen molar-refractivity contribution >= 4 is 22.2 Å². The van der Waals surface area contributed by atoms with Crippen LogP contribution in [-0.2, 0) is 4.79 Å². The summed E-state index contributed by atoms with van der Waals surface area (Å²) in [6, 6.07) is 3.65. The molecule has 1 aromatic carbocycles. The molecule has 0 N–H and O–H groups in total. The van der Waals surface area contributed by atoms with Crippen LogP contribution in [0.1, 0.15) is 0 Å². The van der Waals surface area contributed by atoms with Gasteiger partial charge in [0.2, 0.25) is 0 Å². The van der Waals surface area contributed by atoms with Gasteiger partial charge in [0.15, 0.2) is 6.29 Å². The summed E-state index contributed by atoms with van der Waals surface area (Å²) in [6.45, 7) is -0.161. The summed E-state index contributed by atoms with van der Waals surface area (Å²) in [7, 11) is 0. The number of benzene rings is 1. The molecule has 0 saturated heterocycles. The summed E-state index contributed by atoms with van der Waals surface area (Å²) in [5, 5.41) is 0. The number of halogens is 4. The largest absolute Gasteiger partial charge is 0.573 e. The molecule has 0 saturated carbocycles. The van der Waals surface area contributed by atoms with E-state index in [-0.39, 0.29) is 22.6 Å². The monoisotopic (exact) mass is 298 g/mol. The normalized spacial score (nSPS) is 11.0. The number of carbonyl (C=O) groups excluding carboxylic acids is 1. The highest BCUT2D eigenvalue weighted by Crippen LogP contribution is 2.33. The molecule has 0 heterocycles. The molecular weight excluding hydrogens is 293 g/mol. The highest BCUT2D eigenvalue weighted by Gasteiger charge is 2.31. The van der Waals surface area contributed by atoms with E-state index >= 15 is 0 Å². The van der Waals surface area contributed by atoms with E-state index in [2.05, 4.69) is 20.7 Å². The zero-order valence-corrected chi connectivity index (χ0v) is 9.34. The van der Waals surface area contributed by atoms with E-state index in [9.17, 15) is 18.0 Å². The maximum atomic E-state index is 11.9. The highest BCUT2D eigenvalue weighted by atomic mass is 79.9. The molecule has 16 heavy (non-hydrogen) atoms. The van der Waals surface area contributed by atoms with E-state index in [1.54, 1.807) is 0 Å². The molecule has 0 aliphatic carbocycles. The van der Waals surface area contributed by atoms with E-state index < -0.39 is 6.36 Å². The van der Waals surface area contributed by atoms with Gasteiger partial charge < -0.3 is 9.47 Å². The fraction of sp³-hybridized carbons (Fsp3) is 0.222. The van der Waals surface area contributed by atoms with Crippen molar-refractivity contribution in [1.29, 1.82) is 0 Å². The van der Waals surface area contributed by atoms with Gasteiger partial charge in [-0.05, 0) is 34.1 Å². The molecule has 0 fully saturated rings. The van der Waals surface area contributed by atoms with E-state index in [1.165, 1.54) is 12.1 Å². The molecule has 1 rings (SSSR count). The lowest BCUT2D eigenvalue weighted by atomic mass is 10.3. The molecule has 88 valence electrons. The van der Waals surface area contributed by atoms with Crippen LogP contribution in [0.4, 0.5) is 13.2 Å². The van der Waals surface area contributed by atoms with Gasteiger partial charge in [-0.25, -0.2) is 0 Å². The molecule has 0 atom stereocenters. The first-order chi connectivity index (χ1) is 7.42. The first-order valence-corrected chi connectivity index (χ1v) is 4.83. The van der Waals surface area contributed by atoms with Crippen molar-refractivity contribution < 1.29 is 27.4 Å². The summed E-state index contributed by atoms with van der Waals surface area (Å²) in [5.74, 6) is -0.0977. The standard InChI is InChI=1S/C9H6BrF3O3/c10-7-5-6(15-4-3-14)1-2-8(7)16-9(11,12)13/h1-3,5H,4H2. The van der Waals surface area contributed by atoms with E-state index in [4.69, 9.17) is 4.74 Å². The number of alkyl halides is 3. The second kappa shape index (κ2) is 5.20. The molecule has 3 nitrogen and oxygen atoms in total. The third-order valence-electron chi connectivity index (χ3n) is 1.45. The Balaban J connectivity index is 2.79. The molecule has 0 bridgehead atoms. The average Bonchev–Trinajstić information content (AvgIpc) is 2.17. The Bertz CT molecular complexity index is 379. The van der Waals surface area contributed by atoms with Crippen molar-refractivity contribution in [3.8, 4) is 11.5 Å². The number of carbonyl (C=O) groups is 1. The van der Waals surface area contributed by atoms with Gasteiger partial charge in [-0.1, -0.05) is 0 Å². The number of ether oxygens (including phenoxy) is 2. The van der Waals surface area contributed by atoms with Crippen LogP contribution in [0.25, 0.3) is 0 Å². The number of rotatable bonds is 4. The summed E-state index contributed by atoms with van der Waals surface area (Å²) >= 11 is 2.90. The Morgan fingerprint density at radius 3 is 2.56 bits per heavy atom. The van der Waals surface area contributed by atoms with Gasteiger partial charge in [0.05, 0.1) is 4.47 Å². The van der Waals surface area contributed by atoms with Crippen molar-refractivity contribution in [2.75, 3.05) is 6.61 Å². The lowest BCUT2D eigenvalue weighted by Gasteiger charge is -2.11. The fourth-order valence-electron chi connectivity index (χ4n) is 0.909.